The second-order valence-corrected chi connectivity index (χ2v) is 6.53. The summed E-state index contributed by atoms with van der Waals surface area (Å²) in [6, 6.07) is 10.3. The van der Waals surface area contributed by atoms with Gasteiger partial charge in [-0.3, -0.25) is 0 Å². The molecule has 110 valence electrons. The van der Waals surface area contributed by atoms with Gasteiger partial charge in [-0.05, 0) is 25.7 Å². The van der Waals surface area contributed by atoms with Gasteiger partial charge in [0.25, 0.3) is 0 Å². The Bertz CT molecular complexity index is 617. The van der Waals surface area contributed by atoms with E-state index in [9.17, 15) is 0 Å². The second kappa shape index (κ2) is 6.15. The van der Waals surface area contributed by atoms with Crippen molar-refractivity contribution in [2.24, 2.45) is 5.92 Å². The van der Waals surface area contributed by atoms with Crippen LogP contribution in [0, 0.1) is 12.8 Å². The SMILES string of the molecule is Cc1c(Cl)nc(C2CCC(C)CC2)nc1-c1ccccc1. The first-order valence-corrected chi connectivity index (χ1v) is 8.12. The molecular formula is C18H21ClN2. The Hall–Kier alpha value is -1.41. The third-order valence-corrected chi connectivity index (χ3v) is 4.90. The van der Waals surface area contributed by atoms with Crippen LogP contribution in [0.4, 0.5) is 0 Å². The van der Waals surface area contributed by atoms with E-state index in [-0.39, 0.29) is 0 Å². The van der Waals surface area contributed by atoms with Crippen molar-refractivity contribution in [2.75, 3.05) is 0 Å². The molecular weight excluding hydrogens is 280 g/mol. The van der Waals surface area contributed by atoms with E-state index < -0.39 is 0 Å². The molecule has 0 N–H and O–H groups in total. The lowest BCUT2D eigenvalue weighted by Gasteiger charge is -2.25. The fraction of sp³-hybridized carbons (Fsp3) is 0.444. The molecule has 1 aromatic carbocycles. The topological polar surface area (TPSA) is 25.8 Å². The minimum Gasteiger partial charge on any atom is -0.232 e. The van der Waals surface area contributed by atoms with E-state index >= 15 is 0 Å². The largest absolute Gasteiger partial charge is 0.232 e. The number of nitrogens with zero attached hydrogens (tertiary/aromatic N) is 2. The van der Waals surface area contributed by atoms with Gasteiger partial charge in [-0.15, -0.1) is 0 Å². The molecule has 0 saturated heterocycles. The Balaban J connectivity index is 1.98. The van der Waals surface area contributed by atoms with Gasteiger partial charge in [0.1, 0.15) is 11.0 Å². The first kappa shape index (κ1) is 14.5. The summed E-state index contributed by atoms with van der Waals surface area (Å²) < 4.78 is 0. The molecule has 3 rings (SSSR count). The van der Waals surface area contributed by atoms with E-state index in [0.717, 1.165) is 28.6 Å². The van der Waals surface area contributed by atoms with E-state index in [4.69, 9.17) is 16.6 Å². The fourth-order valence-electron chi connectivity index (χ4n) is 3.08. The lowest BCUT2D eigenvalue weighted by Crippen LogP contribution is -2.14. The molecule has 1 aliphatic carbocycles. The van der Waals surface area contributed by atoms with Crippen molar-refractivity contribution in [1.29, 1.82) is 0 Å². The van der Waals surface area contributed by atoms with Crippen molar-refractivity contribution < 1.29 is 0 Å². The van der Waals surface area contributed by atoms with Gasteiger partial charge in [-0.1, -0.05) is 61.7 Å². The first-order valence-electron chi connectivity index (χ1n) is 7.74. The maximum absolute atomic E-state index is 6.37. The van der Waals surface area contributed by atoms with Crippen LogP contribution in [0.25, 0.3) is 11.3 Å². The van der Waals surface area contributed by atoms with Crippen molar-refractivity contribution in [3.8, 4) is 11.3 Å². The van der Waals surface area contributed by atoms with E-state index in [1.165, 1.54) is 25.7 Å². The van der Waals surface area contributed by atoms with Crippen LogP contribution in [0.1, 0.15) is 49.9 Å². The van der Waals surface area contributed by atoms with Crippen LogP contribution in [0.15, 0.2) is 30.3 Å². The lowest BCUT2D eigenvalue weighted by atomic mass is 9.82. The molecule has 1 fully saturated rings. The van der Waals surface area contributed by atoms with Crippen LogP contribution in [0.5, 0.6) is 0 Å². The van der Waals surface area contributed by atoms with E-state index in [1.807, 2.05) is 25.1 Å². The maximum atomic E-state index is 6.37. The summed E-state index contributed by atoms with van der Waals surface area (Å²) in [6.07, 6.45) is 4.88. The third kappa shape index (κ3) is 3.11. The van der Waals surface area contributed by atoms with Gasteiger partial charge < -0.3 is 0 Å². The van der Waals surface area contributed by atoms with E-state index in [0.29, 0.717) is 11.1 Å². The molecule has 1 saturated carbocycles. The Kier molecular flexibility index (Phi) is 4.25. The van der Waals surface area contributed by atoms with Crippen LogP contribution < -0.4 is 0 Å². The predicted octanol–water partition coefficient (Wildman–Crippen LogP) is 5.40. The molecule has 0 bridgehead atoms. The number of rotatable bonds is 2. The van der Waals surface area contributed by atoms with Crippen LogP contribution in [0.3, 0.4) is 0 Å². The highest BCUT2D eigenvalue weighted by atomic mass is 35.5. The molecule has 1 aromatic heterocycles. The normalized spacial score (nSPS) is 22.2. The average molecular weight is 301 g/mol. The third-order valence-electron chi connectivity index (χ3n) is 4.53. The van der Waals surface area contributed by atoms with E-state index in [2.05, 4.69) is 24.0 Å². The van der Waals surface area contributed by atoms with Crippen LogP contribution in [-0.2, 0) is 0 Å². The van der Waals surface area contributed by atoms with Gasteiger partial charge in [0.2, 0.25) is 0 Å². The van der Waals surface area contributed by atoms with E-state index in [1.54, 1.807) is 0 Å². The Morgan fingerprint density at radius 1 is 1.00 bits per heavy atom. The van der Waals surface area contributed by atoms with Crippen LogP contribution >= 0.6 is 11.6 Å². The molecule has 0 radical (unpaired) electrons. The summed E-state index contributed by atoms with van der Waals surface area (Å²) in [6.45, 7) is 4.33. The zero-order valence-electron chi connectivity index (χ0n) is 12.6. The van der Waals surface area contributed by atoms with Crippen molar-refractivity contribution in [2.45, 2.75) is 45.4 Å². The van der Waals surface area contributed by atoms with Crippen LogP contribution in [-0.4, -0.2) is 9.97 Å². The molecule has 0 unspecified atom stereocenters. The Labute approximate surface area is 131 Å². The summed E-state index contributed by atoms with van der Waals surface area (Å²) in [5.41, 5.74) is 3.06. The average Bonchev–Trinajstić information content (AvgIpc) is 2.51. The summed E-state index contributed by atoms with van der Waals surface area (Å²) in [5.74, 6) is 2.22. The number of halogens is 1. The van der Waals surface area contributed by atoms with Crippen molar-refractivity contribution in [3.63, 3.8) is 0 Å². The Morgan fingerprint density at radius 2 is 1.67 bits per heavy atom. The van der Waals surface area contributed by atoms with Crippen molar-refractivity contribution in [3.05, 3.63) is 46.9 Å². The van der Waals surface area contributed by atoms with Crippen LogP contribution in [0.2, 0.25) is 5.15 Å². The van der Waals surface area contributed by atoms with Gasteiger partial charge in [-0.2, -0.15) is 0 Å². The van der Waals surface area contributed by atoms with Gasteiger partial charge in [-0.25, -0.2) is 9.97 Å². The zero-order valence-corrected chi connectivity index (χ0v) is 13.4. The second-order valence-electron chi connectivity index (χ2n) is 6.17. The minimum absolute atomic E-state index is 0.460. The molecule has 21 heavy (non-hydrogen) atoms. The van der Waals surface area contributed by atoms with Gasteiger partial charge >= 0.3 is 0 Å². The number of hydrogen-bond acceptors (Lipinski definition) is 2. The van der Waals surface area contributed by atoms with Crippen molar-refractivity contribution in [1.82, 2.24) is 9.97 Å². The standard InChI is InChI=1S/C18H21ClN2/c1-12-8-10-15(11-9-12)18-20-16(13(2)17(19)21-18)14-6-4-3-5-7-14/h3-7,12,15H,8-11H2,1-2H3. The molecule has 2 aromatic rings. The number of benzene rings is 1. The van der Waals surface area contributed by atoms with Gasteiger partial charge in [0.05, 0.1) is 5.69 Å². The molecule has 0 amide bonds. The first-order chi connectivity index (χ1) is 10.1. The Morgan fingerprint density at radius 3 is 2.33 bits per heavy atom. The molecule has 0 atom stereocenters. The lowest BCUT2D eigenvalue weighted by molar-refractivity contribution is 0.339. The molecule has 0 spiro atoms. The highest BCUT2D eigenvalue weighted by Crippen LogP contribution is 2.36. The van der Waals surface area contributed by atoms with Gasteiger partial charge in [0, 0.05) is 17.0 Å². The van der Waals surface area contributed by atoms with Gasteiger partial charge in [0.15, 0.2) is 0 Å². The summed E-state index contributed by atoms with van der Waals surface area (Å²) in [5, 5.41) is 0.595. The summed E-state index contributed by atoms with van der Waals surface area (Å²) in [4.78, 5) is 9.42. The summed E-state index contributed by atoms with van der Waals surface area (Å²) >= 11 is 6.37. The highest BCUT2D eigenvalue weighted by Gasteiger charge is 2.23. The minimum atomic E-state index is 0.460. The molecule has 1 heterocycles. The molecule has 2 nitrogen and oxygen atoms in total. The predicted molar refractivity (Wildman–Crippen MR) is 87.6 cm³/mol. The maximum Gasteiger partial charge on any atom is 0.136 e. The number of aromatic nitrogens is 2. The quantitative estimate of drug-likeness (QED) is 0.694. The highest BCUT2D eigenvalue weighted by molar-refractivity contribution is 6.30. The smallest absolute Gasteiger partial charge is 0.136 e. The fourth-order valence-corrected chi connectivity index (χ4v) is 3.26. The molecule has 3 heteroatoms. The molecule has 0 aliphatic heterocycles. The zero-order chi connectivity index (χ0) is 14.8. The monoisotopic (exact) mass is 300 g/mol. The molecule has 1 aliphatic rings. The summed E-state index contributed by atoms with van der Waals surface area (Å²) in [7, 11) is 0. The number of hydrogen-bond donors (Lipinski definition) is 0. The van der Waals surface area contributed by atoms with Crippen molar-refractivity contribution >= 4 is 11.6 Å².